The topological polar surface area (TPSA) is 74.4 Å². The van der Waals surface area contributed by atoms with Crippen molar-refractivity contribution in [1.82, 2.24) is 20.0 Å². The Morgan fingerprint density at radius 1 is 0.724 bits per heavy atom. The molecule has 0 atom stereocenters. The molecular weight excluding hydrogens is 372 g/mol. The Bertz CT molecular complexity index is 512. The number of ether oxygens (including phenoxy) is 2. The van der Waals surface area contributed by atoms with Gasteiger partial charge in [-0.3, -0.25) is 4.90 Å². The van der Waals surface area contributed by atoms with E-state index < -0.39 is 5.60 Å². The molecule has 8 heteroatoms. The van der Waals surface area contributed by atoms with Crippen molar-refractivity contribution in [1.29, 1.82) is 0 Å². The molecule has 2 heterocycles. The number of amides is 2. The van der Waals surface area contributed by atoms with Crippen molar-refractivity contribution < 1.29 is 19.1 Å². The standard InChI is InChI=1S/C12H24N2O2.C9H18N2O2/c1-10(2)13-6-8-14(9-7-13)11(15)16-12(3,4)5;1-9(2,3)13-8(12)11-6-4-10-5-7-11/h10H,6-9H2,1-5H3;10H,4-7H2,1-3H3. The van der Waals surface area contributed by atoms with Crippen molar-refractivity contribution >= 4 is 12.2 Å². The highest BCUT2D eigenvalue weighted by molar-refractivity contribution is 5.68. The second-order valence-corrected chi connectivity index (χ2v) is 9.81. The maximum absolute atomic E-state index is 11.8. The zero-order valence-corrected chi connectivity index (χ0v) is 19.7. The van der Waals surface area contributed by atoms with E-state index in [1.54, 1.807) is 9.80 Å². The van der Waals surface area contributed by atoms with Gasteiger partial charge in [-0.25, -0.2) is 9.59 Å². The highest BCUT2D eigenvalue weighted by atomic mass is 16.6. The molecule has 2 aliphatic heterocycles. The molecule has 0 aromatic rings. The summed E-state index contributed by atoms with van der Waals surface area (Å²) < 4.78 is 10.6. The molecular formula is C21H42N4O4. The van der Waals surface area contributed by atoms with Gasteiger partial charge in [-0.15, -0.1) is 0 Å². The molecule has 0 aromatic heterocycles. The minimum atomic E-state index is -0.397. The van der Waals surface area contributed by atoms with Crippen LogP contribution < -0.4 is 5.32 Å². The maximum atomic E-state index is 11.8. The second-order valence-electron chi connectivity index (χ2n) is 9.81. The molecule has 8 nitrogen and oxygen atoms in total. The van der Waals surface area contributed by atoms with Crippen LogP contribution >= 0.6 is 0 Å². The number of nitrogens with zero attached hydrogens (tertiary/aromatic N) is 3. The van der Waals surface area contributed by atoms with Gasteiger partial charge in [-0.1, -0.05) is 0 Å². The molecule has 0 aromatic carbocycles. The third-order valence-electron chi connectivity index (χ3n) is 4.46. The third kappa shape index (κ3) is 10.7. The van der Waals surface area contributed by atoms with E-state index in [1.165, 1.54) is 0 Å². The molecule has 29 heavy (non-hydrogen) atoms. The van der Waals surface area contributed by atoms with Crippen LogP contribution in [0.2, 0.25) is 0 Å². The fourth-order valence-corrected chi connectivity index (χ4v) is 2.92. The van der Waals surface area contributed by atoms with Gasteiger partial charge in [0.15, 0.2) is 0 Å². The van der Waals surface area contributed by atoms with Crippen LogP contribution in [0.1, 0.15) is 55.4 Å². The molecule has 170 valence electrons. The van der Waals surface area contributed by atoms with Crippen LogP contribution in [0.15, 0.2) is 0 Å². The van der Waals surface area contributed by atoms with Crippen LogP contribution in [0.3, 0.4) is 0 Å². The van der Waals surface area contributed by atoms with Crippen LogP contribution in [0.5, 0.6) is 0 Å². The van der Waals surface area contributed by atoms with E-state index >= 15 is 0 Å². The van der Waals surface area contributed by atoms with E-state index in [-0.39, 0.29) is 17.8 Å². The van der Waals surface area contributed by atoms with Crippen LogP contribution in [-0.4, -0.2) is 96.5 Å². The molecule has 2 rings (SSSR count). The van der Waals surface area contributed by atoms with Crippen LogP contribution in [0.25, 0.3) is 0 Å². The number of hydrogen-bond acceptors (Lipinski definition) is 6. The molecule has 2 amide bonds. The van der Waals surface area contributed by atoms with Gasteiger partial charge < -0.3 is 24.6 Å². The summed E-state index contributed by atoms with van der Waals surface area (Å²) in [5.74, 6) is 0. The summed E-state index contributed by atoms with van der Waals surface area (Å²) in [6.45, 7) is 22.3. The van der Waals surface area contributed by atoms with Gasteiger partial charge in [0.1, 0.15) is 11.2 Å². The highest BCUT2D eigenvalue weighted by Gasteiger charge is 2.26. The number of nitrogens with one attached hydrogen (secondary N) is 1. The van der Waals surface area contributed by atoms with Gasteiger partial charge >= 0.3 is 12.2 Å². The predicted molar refractivity (Wildman–Crippen MR) is 115 cm³/mol. The smallest absolute Gasteiger partial charge is 0.410 e. The first kappa shape index (κ1) is 25.5. The lowest BCUT2D eigenvalue weighted by atomic mass is 10.2. The zero-order chi connectivity index (χ0) is 22.2. The Kier molecular flexibility index (Phi) is 9.68. The van der Waals surface area contributed by atoms with Gasteiger partial charge in [0.25, 0.3) is 0 Å². The summed E-state index contributed by atoms with van der Waals surface area (Å²) in [4.78, 5) is 29.2. The Morgan fingerprint density at radius 2 is 1.10 bits per heavy atom. The van der Waals surface area contributed by atoms with Gasteiger partial charge in [0, 0.05) is 58.4 Å². The number of carbonyl (C=O) groups excluding carboxylic acids is 2. The van der Waals surface area contributed by atoms with Crippen molar-refractivity contribution in [3.63, 3.8) is 0 Å². The van der Waals surface area contributed by atoms with Gasteiger partial charge in [-0.05, 0) is 55.4 Å². The first-order valence-corrected chi connectivity index (χ1v) is 10.7. The van der Waals surface area contributed by atoms with E-state index in [0.29, 0.717) is 6.04 Å². The van der Waals surface area contributed by atoms with Crippen LogP contribution in [-0.2, 0) is 9.47 Å². The Morgan fingerprint density at radius 3 is 1.45 bits per heavy atom. The molecule has 2 saturated heterocycles. The lowest BCUT2D eigenvalue weighted by molar-refractivity contribution is 0.0117. The molecule has 0 spiro atoms. The summed E-state index contributed by atoms with van der Waals surface area (Å²) in [6, 6.07) is 0.556. The molecule has 0 unspecified atom stereocenters. The fraction of sp³-hybridized carbons (Fsp3) is 0.905. The molecule has 1 N–H and O–H groups in total. The number of piperazine rings is 2. The number of hydrogen-bond donors (Lipinski definition) is 1. The Balaban J connectivity index is 0.000000296. The summed E-state index contributed by atoms with van der Waals surface area (Å²) in [5, 5.41) is 3.18. The van der Waals surface area contributed by atoms with E-state index in [1.807, 2.05) is 41.5 Å². The Hall–Kier alpha value is -1.54. The number of rotatable bonds is 1. The highest BCUT2D eigenvalue weighted by Crippen LogP contribution is 2.13. The molecule has 2 aliphatic rings. The zero-order valence-electron chi connectivity index (χ0n) is 19.7. The lowest BCUT2D eigenvalue weighted by Gasteiger charge is -2.37. The minimum Gasteiger partial charge on any atom is -0.444 e. The lowest BCUT2D eigenvalue weighted by Crippen LogP contribution is -2.51. The maximum Gasteiger partial charge on any atom is 0.410 e. The largest absolute Gasteiger partial charge is 0.444 e. The summed E-state index contributed by atoms with van der Waals surface area (Å²) >= 11 is 0. The minimum absolute atomic E-state index is 0.184. The van der Waals surface area contributed by atoms with Gasteiger partial charge in [-0.2, -0.15) is 0 Å². The molecule has 2 fully saturated rings. The van der Waals surface area contributed by atoms with E-state index in [2.05, 4.69) is 24.1 Å². The molecule has 0 saturated carbocycles. The van der Waals surface area contributed by atoms with Gasteiger partial charge in [0.05, 0.1) is 0 Å². The van der Waals surface area contributed by atoms with Crippen LogP contribution in [0, 0.1) is 0 Å². The van der Waals surface area contributed by atoms with E-state index in [4.69, 9.17) is 9.47 Å². The fourth-order valence-electron chi connectivity index (χ4n) is 2.92. The van der Waals surface area contributed by atoms with Crippen molar-refractivity contribution in [2.24, 2.45) is 0 Å². The Labute approximate surface area is 176 Å². The monoisotopic (exact) mass is 414 g/mol. The van der Waals surface area contributed by atoms with Crippen molar-refractivity contribution in [2.75, 3.05) is 52.4 Å². The number of carbonyl (C=O) groups is 2. The first-order chi connectivity index (χ1) is 13.3. The molecule has 0 bridgehead atoms. The molecule has 0 aliphatic carbocycles. The van der Waals surface area contributed by atoms with Crippen molar-refractivity contribution in [3.8, 4) is 0 Å². The SMILES string of the molecule is CC(C)(C)OC(=O)N1CCNCC1.CC(C)N1CCN(C(=O)OC(C)(C)C)CC1. The normalized spacial score (nSPS) is 18.8. The summed E-state index contributed by atoms with van der Waals surface area (Å²) in [7, 11) is 0. The average molecular weight is 415 g/mol. The first-order valence-electron chi connectivity index (χ1n) is 10.7. The van der Waals surface area contributed by atoms with Crippen LogP contribution in [0.4, 0.5) is 9.59 Å². The second kappa shape index (κ2) is 11.0. The quantitative estimate of drug-likeness (QED) is 0.711. The predicted octanol–water partition coefficient (Wildman–Crippen LogP) is 2.77. The van der Waals surface area contributed by atoms with E-state index in [9.17, 15) is 9.59 Å². The average Bonchev–Trinajstić information content (AvgIpc) is 2.60. The summed E-state index contributed by atoms with van der Waals surface area (Å²) in [6.07, 6.45) is -0.384. The third-order valence-corrected chi connectivity index (χ3v) is 4.46. The van der Waals surface area contributed by atoms with Crippen molar-refractivity contribution in [3.05, 3.63) is 0 Å². The van der Waals surface area contributed by atoms with Gasteiger partial charge in [0.2, 0.25) is 0 Å². The van der Waals surface area contributed by atoms with Crippen molar-refractivity contribution in [2.45, 2.75) is 72.6 Å². The molecule has 0 radical (unpaired) electrons. The van der Waals surface area contributed by atoms with E-state index in [0.717, 1.165) is 52.4 Å². The summed E-state index contributed by atoms with van der Waals surface area (Å²) in [5.41, 5.74) is -0.784.